The van der Waals surface area contributed by atoms with Crippen molar-refractivity contribution < 1.29 is 80.2 Å². The van der Waals surface area contributed by atoms with E-state index in [0.29, 0.717) is 25.7 Å². The third-order valence-electron chi connectivity index (χ3n) is 18.4. The first-order chi connectivity index (χ1) is 46.6. The molecular weight excluding hydrogens is 1260 g/mol. The highest BCUT2D eigenvalue weighted by Gasteiger charge is 2.30. The monoisotopic (exact) mass is 1410 g/mol. The minimum absolute atomic E-state index is 0.107. The van der Waals surface area contributed by atoms with Gasteiger partial charge in [0.1, 0.15) is 19.3 Å². The molecule has 0 rings (SSSR count). The van der Waals surface area contributed by atoms with Crippen LogP contribution in [0.4, 0.5) is 0 Å². The zero-order chi connectivity index (χ0) is 70.5. The van der Waals surface area contributed by atoms with E-state index in [1.807, 2.05) is 0 Å². The van der Waals surface area contributed by atoms with Gasteiger partial charge in [0.2, 0.25) is 0 Å². The summed E-state index contributed by atoms with van der Waals surface area (Å²) in [6.45, 7) is 7.33. The Morgan fingerprint density at radius 2 is 0.500 bits per heavy atom. The first kappa shape index (κ1) is 94.1. The summed E-state index contributed by atoms with van der Waals surface area (Å²) >= 11 is 0. The van der Waals surface area contributed by atoms with E-state index in [1.54, 1.807) is 0 Å². The molecule has 0 heterocycles. The average Bonchev–Trinajstić information content (AvgIpc) is 1.25. The van der Waals surface area contributed by atoms with Gasteiger partial charge in [0, 0.05) is 25.7 Å². The highest BCUT2D eigenvalue weighted by atomic mass is 31.2. The molecule has 19 heteroatoms. The molecule has 17 nitrogen and oxygen atoms in total. The standard InChI is InChI=1S/C77H150O17P2/c1-6-10-13-16-19-21-23-25-30-34-38-41-46-51-56-61-75(80)88-67-73(94-77(82)63-58-53-48-43-39-35-32-29-27-26-28-31-33-36-40-45-49-54-59-70(5)9-4)69-92-96(85,86)90-65-71(78)64-89-95(83,84)91-68-72(66-87-74(79)60-55-50-44-18-15-12-8-3)93-76(81)62-57-52-47-42-37-24-22-20-17-14-11-7-2/h70-73,78H,6-69H2,1-5H3,(H,83,84)(H,85,86)/t70?,71-,72+,73+/m0/s1. The lowest BCUT2D eigenvalue weighted by molar-refractivity contribution is -0.161. The lowest BCUT2D eigenvalue weighted by Crippen LogP contribution is -2.30. The minimum atomic E-state index is -4.96. The molecule has 570 valence electrons. The van der Waals surface area contributed by atoms with Crippen molar-refractivity contribution in [2.45, 2.75) is 425 Å². The summed E-state index contributed by atoms with van der Waals surface area (Å²) in [6, 6.07) is 0. The number of unbranched alkanes of at least 4 members (excludes halogenated alkanes) is 48. The molecule has 0 saturated carbocycles. The van der Waals surface area contributed by atoms with Gasteiger partial charge in [0.15, 0.2) is 12.2 Å². The van der Waals surface area contributed by atoms with Crippen LogP contribution >= 0.6 is 15.6 Å². The molecule has 0 aliphatic heterocycles. The Morgan fingerprint density at radius 1 is 0.292 bits per heavy atom. The van der Waals surface area contributed by atoms with Gasteiger partial charge in [-0.2, -0.15) is 0 Å². The second-order valence-electron chi connectivity index (χ2n) is 28.0. The van der Waals surface area contributed by atoms with E-state index in [4.69, 9.17) is 37.0 Å². The first-order valence-electron chi connectivity index (χ1n) is 40.2. The highest BCUT2D eigenvalue weighted by Crippen LogP contribution is 2.45. The number of rotatable bonds is 77. The van der Waals surface area contributed by atoms with E-state index >= 15 is 0 Å². The van der Waals surface area contributed by atoms with Gasteiger partial charge in [-0.25, -0.2) is 9.13 Å². The maximum atomic E-state index is 13.1. The lowest BCUT2D eigenvalue weighted by Gasteiger charge is -2.21. The van der Waals surface area contributed by atoms with Crippen LogP contribution in [0.15, 0.2) is 0 Å². The zero-order valence-electron chi connectivity index (χ0n) is 62.5. The second-order valence-corrected chi connectivity index (χ2v) is 30.9. The Balaban J connectivity index is 5.15. The number of phosphoric ester groups is 2. The van der Waals surface area contributed by atoms with Crippen molar-refractivity contribution in [3.05, 3.63) is 0 Å². The van der Waals surface area contributed by atoms with Crippen molar-refractivity contribution in [2.75, 3.05) is 39.6 Å². The molecular formula is C77H150O17P2. The van der Waals surface area contributed by atoms with Gasteiger partial charge in [-0.05, 0) is 31.6 Å². The fourth-order valence-corrected chi connectivity index (χ4v) is 13.4. The van der Waals surface area contributed by atoms with Crippen molar-refractivity contribution in [3.8, 4) is 0 Å². The summed E-state index contributed by atoms with van der Waals surface area (Å²) < 4.78 is 68.4. The van der Waals surface area contributed by atoms with Gasteiger partial charge >= 0.3 is 39.5 Å². The minimum Gasteiger partial charge on any atom is -0.462 e. The number of esters is 4. The molecule has 3 N–H and O–H groups in total. The van der Waals surface area contributed by atoms with Gasteiger partial charge in [-0.3, -0.25) is 37.3 Å². The summed E-state index contributed by atoms with van der Waals surface area (Å²) in [5, 5.41) is 10.6. The van der Waals surface area contributed by atoms with Crippen LogP contribution in [0, 0.1) is 5.92 Å². The Morgan fingerprint density at radius 3 is 0.740 bits per heavy atom. The maximum Gasteiger partial charge on any atom is 0.472 e. The van der Waals surface area contributed by atoms with Crippen molar-refractivity contribution in [3.63, 3.8) is 0 Å². The van der Waals surface area contributed by atoms with Gasteiger partial charge in [-0.1, -0.05) is 356 Å². The molecule has 0 aromatic carbocycles. The van der Waals surface area contributed by atoms with E-state index in [0.717, 1.165) is 109 Å². The SMILES string of the molecule is CCCCCCCCCCCCCCCCCC(=O)OC[C@H](COP(=O)(O)OC[C@@H](O)COP(=O)(O)OC[C@@H](COC(=O)CCCCCCCCC)OC(=O)CCCCCCCCCCCCCC)OC(=O)CCCCCCCCCCCCCCCCCCCCC(C)CC. The zero-order valence-corrected chi connectivity index (χ0v) is 64.3. The van der Waals surface area contributed by atoms with Gasteiger partial charge < -0.3 is 33.8 Å². The smallest absolute Gasteiger partial charge is 0.462 e. The molecule has 0 aliphatic carbocycles. The molecule has 96 heavy (non-hydrogen) atoms. The van der Waals surface area contributed by atoms with Crippen LogP contribution in [0.5, 0.6) is 0 Å². The van der Waals surface area contributed by atoms with Crippen molar-refractivity contribution in [1.29, 1.82) is 0 Å². The third-order valence-corrected chi connectivity index (χ3v) is 20.3. The van der Waals surface area contributed by atoms with Gasteiger partial charge in [0.05, 0.1) is 26.4 Å². The van der Waals surface area contributed by atoms with E-state index in [-0.39, 0.29) is 25.7 Å². The first-order valence-corrected chi connectivity index (χ1v) is 43.2. The maximum absolute atomic E-state index is 13.1. The van der Waals surface area contributed by atoms with E-state index in [2.05, 4.69) is 34.6 Å². The Bertz CT molecular complexity index is 1840. The van der Waals surface area contributed by atoms with Crippen LogP contribution in [0.2, 0.25) is 0 Å². The van der Waals surface area contributed by atoms with E-state index < -0.39 is 97.5 Å². The quantitative estimate of drug-likeness (QED) is 0.0222. The number of hydrogen-bond donors (Lipinski definition) is 3. The van der Waals surface area contributed by atoms with Gasteiger partial charge in [-0.15, -0.1) is 0 Å². The third kappa shape index (κ3) is 69.2. The summed E-state index contributed by atoms with van der Waals surface area (Å²) in [4.78, 5) is 72.7. The molecule has 0 saturated heterocycles. The Kier molecular flexibility index (Phi) is 68.7. The van der Waals surface area contributed by atoms with Crippen LogP contribution in [-0.4, -0.2) is 96.7 Å². The topological polar surface area (TPSA) is 237 Å². The molecule has 0 bridgehead atoms. The number of phosphoric acid groups is 2. The molecule has 3 unspecified atom stereocenters. The average molecular weight is 1410 g/mol. The van der Waals surface area contributed by atoms with Crippen LogP contribution in [0.3, 0.4) is 0 Å². The predicted molar refractivity (Wildman–Crippen MR) is 391 cm³/mol. The molecule has 0 spiro atoms. The predicted octanol–water partition coefficient (Wildman–Crippen LogP) is 22.9. The summed E-state index contributed by atoms with van der Waals surface area (Å²) in [5.74, 6) is -1.24. The Labute approximate surface area is 588 Å². The van der Waals surface area contributed by atoms with Crippen molar-refractivity contribution in [1.82, 2.24) is 0 Å². The van der Waals surface area contributed by atoms with Crippen molar-refractivity contribution in [2.24, 2.45) is 5.92 Å². The molecule has 0 aliphatic rings. The molecule has 0 aromatic rings. The second kappa shape index (κ2) is 70.1. The molecule has 6 atom stereocenters. The summed E-state index contributed by atoms with van der Waals surface area (Å²) in [5.41, 5.74) is 0. The molecule has 0 radical (unpaired) electrons. The normalized spacial score (nSPS) is 14.2. The van der Waals surface area contributed by atoms with Crippen LogP contribution in [-0.2, 0) is 65.4 Å². The molecule has 0 aromatic heterocycles. The van der Waals surface area contributed by atoms with Crippen LogP contribution in [0.25, 0.3) is 0 Å². The fraction of sp³-hybridized carbons (Fsp3) is 0.948. The largest absolute Gasteiger partial charge is 0.472 e. The van der Waals surface area contributed by atoms with Gasteiger partial charge in [0.25, 0.3) is 0 Å². The lowest BCUT2D eigenvalue weighted by atomic mass is 9.99. The Hall–Kier alpha value is -1.94. The van der Waals surface area contributed by atoms with Crippen LogP contribution < -0.4 is 0 Å². The van der Waals surface area contributed by atoms with Crippen LogP contribution in [0.1, 0.15) is 407 Å². The number of ether oxygens (including phenoxy) is 4. The fourth-order valence-electron chi connectivity index (χ4n) is 11.8. The van der Waals surface area contributed by atoms with E-state index in [1.165, 1.54) is 218 Å². The number of aliphatic hydroxyl groups is 1. The highest BCUT2D eigenvalue weighted by molar-refractivity contribution is 7.47. The number of carbonyl (C=O) groups is 4. The van der Waals surface area contributed by atoms with E-state index in [9.17, 15) is 43.2 Å². The summed E-state index contributed by atoms with van der Waals surface area (Å²) in [7, 11) is -9.90. The number of carbonyl (C=O) groups excluding carboxylic acids is 4. The molecule has 0 fully saturated rings. The number of hydrogen-bond acceptors (Lipinski definition) is 15. The number of aliphatic hydroxyl groups excluding tert-OH is 1. The summed E-state index contributed by atoms with van der Waals surface area (Å²) in [6.07, 6.45) is 59.7. The van der Waals surface area contributed by atoms with Crippen molar-refractivity contribution >= 4 is 39.5 Å². The molecule has 0 amide bonds.